The van der Waals surface area contributed by atoms with Crippen molar-refractivity contribution in [1.29, 1.82) is 0 Å². The second-order valence-electron chi connectivity index (χ2n) is 4.59. The van der Waals surface area contributed by atoms with Crippen molar-refractivity contribution in [1.82, 2.24) is 0 Å². The van der Waals surface area contributed by atoms with Gasteiger partial charge in [0.15, 0.2) is 11.5 Å². The Morgan fingerprint density at radius 3 is 2.05 bits per heavy atom. The minimum atomic E-state index is -0.0911. The lowest BCUT2D eigenvalue weighted by Gasteiger charge is -2.05. The third-order valence-corrected chi connectivity index (χ3v) is 3.80. The maximum atomic E-state index is 12.4. The van der Waals surface area contributed by atoms with E-state index < -0.39 is 0 Å². The zero-order chi connectivity index (χ0) is 14.3. The lowest BCUT2D eigenvalue weighted by atomic mass is 10.00. The Labute approximate surface area is 122 Å². The molecule has 0 atom stereocenters. The van der Waals surface area contributed by atoms with Crippen LogP contribution in [0, 0.1) is 6.57 Å². The molecule has 0 heterocycles. The van der Waals surface area contributed by atoms with E-state index in [4.69, 9.17) is 29.8 Å². The monoisotopic (exact) mass is 291 g/mol. The SMILES string of the molecule is [C-]#[N+]/C(C)=C1/C(=C(C)C)C(=O)c2cc(Cl)c(Cl)cc21. The fourth-order valence-corrected chi connectivity index (χ4v) is 2.56. The Hall–Kier alpha value is -1.56. The first-order chi connectivity index (χ1) is 8.88. The Balaban J connectivity index is 2.91. The number of nitrogens with zero attached hydrogens (tertiary/aromatic N) is 1. The van der Waals surface area contributed by atoms with E-state index in [9.17, 15) is 4.79 Å². The van der Waals surface area contributed by atoms with Gasteiger partial charge in [0.2, 0.25) is 0 Å². The quantitative estimate of drug-likeness (QED) is 0.477. The van der Waals surface area contributed by atoms with Crippen LogP contribution in [0.4, 0.5) is 0 Å². The molecule has 0 aliphatic heterocycles. The maximum absolute atomic E-state index is 12.4. The normalized spacial score (nSPS) is 16.2. The molecule has 0 saturated heterocycles. The molecule has 0 aromatic heterocycles. The van der Waals surface area contributed by atoms with Gasteiger partial charge in [-0.25, -0.2) is 4.85 Å². The van der Waals surface area contributed by atoms with Crippen LogP contribution in [0.15, 0.2) is 29.0 Å². The van der Waals surface area contributed by atoms with Gasteiger partial charge in [-0.1, -0.05) is 28.8 Å². The summed E-state index contributed by atoms with van der Waals surface area (Å²) in [5, 5.41) is 0.738. The average Bonchev–Trinajstić information content (AvgIpc) is 2.63. The number of hydrogen-bond acceptors (Lipinski definition) is 1. The molecule has 1 aromatic carbocycles. The molecule has 0 radical (unpaired) electrons. The molecule has 19 heavy (non-hydrogen) atoms. The molecule has 96 valence electrons. The highest BCUT2D eigenvalue weighted by molar-refractivity contribution is 6.43. The van der Waals surface area contributed by atoms with Crippen LogP contribution in [0.5, 0.6) is 0 Å². The van der Waals surface area contributed by atoms with E-state index >= 15 is 0 Å². The minimum Gasteiger partial charge on any atom is -0.289 e. The Kier molecular flexibility index (Phi) is 3.54. The van der Waals surface area contributed by atoms with Crippen molar-refractivity contribution < 1.29 is 4.79 Å². The van der Waals surface area contributed by atoms with Gasteiger partial charge in [-0.2, -0.15) is 0 Å². The van der Waals surface area contributed by atoms with Crippen LogP contribution in [0.2, 0.25) is 10.0 Å². The highest BCUT2D eigenvalue weighted by Crippen LogP contribution is 2.43. The van der Waals surface area contributed by atoms with E-state index in [1.54, 1.807) is 19.1 Å². The Bertz CT molecular complexity index is 702. The predicted octanol–water partition coefficient (Wildman–Crippen LogP) is 5.18. The van der Waals surface area contributed by atoms with Gasteiger partial charge in [0.25, 0.3) is 0 Å². The van der Waals surface area contributed by atoms with Crippen LogP contribution in [0.25, 0.3) is 10.4 Å². The van der Waals surface area contributed by atoms with E-state index in [2.05, 4.69) is 4.85 Å². The number of rotatable bonds is 0. The van der Waals surface area contributed by atoms with Crippen LogP contribution in [-0.2, 0) is 0 Å². The van der Waals surface area contributed by atoms with Crippen molar-refractivity contribution in [3.8, 4) is 0 Å². The first kappa shape index (κ1) is 13.9. The zero-order valence-corrected chi connectivity index (χ0v) is 12.3. The summed E-state index contributed by atoms with van der Waals surface area (Å²) in [6.45, 7) is 12.6. The summed E-state index contributed by atoms with van der Waals surface area (Å²) in [5.41, 5.74) is 3.84. The molecule has 0 fully saturated rings. The van der Waals surface area contributed by atoms with Gasteiger partial charge in [0.1, 0.15) is 0 Å². The van der Waals surface area contributed by atoms with Gasteiger partial charge >= 0.3 is 0 Å². The van der Waals surface area contributed by atoms with Crippen molar-refractivity contribution in [2.24, 2.45) is 0 Å². The van der Waals surface area contributed by atoms with Crippen molar-refractivity contribution in [2.75, 3.05) is 0 Å². The number of halogens is 2. The first-order valence-corrected chi connectivity index (χ1v) is 6.44. The highest BCUT2D eigenvalue weighted by Gasteiger charge is 2.32. The summed E-state index contributed by atoms with van der Waals surface area (Å²) in [4.78, 5) is 15.9. The largest absolute Gasteiger partial charge is 0.289 e. The van der Waals surface area contributed by atoms with Gasteiger partial charge in [0, 0.05) is 11.1 Å². The number of allylic oxidation sites excluding steroid dienone is 4. The van der Waals surface area contributed by atoms with Crippen molar-refractivity contribution >= 4 is 34.6 Å². The molecule has 1 aliphatic carbocycles. The minimum absolute atomic E-state index is 0.0911. The molecular weight excluding hydrogens is 281 g/mol. The van der Waals surface area contributed by atoms with Gasteiger partial charge < -0.3 is 0 Å². The summed E-state index contributed by atoms with van der Waals surface area (Å²) in [5.74, 6) is -0.0911. The second kappa shape index (κ2) is 4.85. The number of carbonyl (C=O) groups is 1. The fraction of sp³-hybridized carbons (Fsp3) is 0.200. The summed E-state index contributed by atoms with van der Waals surface area (Å²) >= 11 is 12.0. The maximum Gasteiger partial charge on any atom is 0.192 e. The fourth-order valence-electron chi connectivity index (χ4n) is 2.23. The molecule has 0 bridgehead atoms. The standard InChI is InChI=1S/C15H11Cl2NO/c1-7(2)13-14(8(3)18-4)9-5-11(16)12(17)6-10(9)15(13)19/h5-6H,1-3H3/b14-8+. The summed E-state index contributed by atoms with van der Waals surface area (Å²) in [6.07, 6.45) is 0. The summed E-state index contributed by atoms with van der Waals surface area (Å²) in [7, 11) is 0. The number of ketones is 1. The molecule has 2 nitrogen and oxygen atoms in total. The number of Topliss-reactive ketones (excluding diaryl/α,β-unsaturated/α-hetero) is 1. The van der Waals surface area contributed by atoms with E-state index in [1.807, 2.05) is 13.8 Å². The molecule has 0 saturated carbocycles. The smallest absolute Gasteiger partial charge is 0.192 e. The Morgan fingerprint density at radius 1 is 1.05 bits per heavy atom. The van der Waals surface area contributed by atoms with Gasteiger partial charge in [-0.3, -0.25) is 4.79 Å². The summed E-state index contributed by atoms with van der Waals surface area (Å²) < 4.78 is 0. The van der Waals surface area contributed by atoms with Gasteiger partial charge in [-0.15, -0.1) is 0 Å². The highest BCUT2D eigenvalue weighted by atomic mass is 35.5. The Morgan fingerprint density at radius 2 is 1.58 bits per heavy atom. The van der Waals surface area contributed by atoms with Crippen LogP contribution in [-0.4, -0.2) is 5.78 Å². The van der Waals surface area contributed by atoms with Crippen molar-refractivity contribution in [2.45, 2.75) is 20.8 Å². The lowest BCUT2D eigenvalue weighted by molar-refractivity contribution is 0.104. The topological polar surface area (TPSA) is 21.4 Å². The molecule has 1 aliphatic rings. The number of benzene rings is 1. The third-order valence-electron chi connectivity index (χ3n) is 3.08. The van der Waals surface area contributed by atoms with Crippen molar-refractivity contribution in [3.05, 3.63) is 61.6 Å². The lowest BCUT2D eigenvalue weighted by Crippen LogP contribution is -1.97. The first-order valence-electron chi connectivity index (χ1n) is 5.68. The molecule has 0 unspecified atom stereocenters. The molecule has 4 heteroatoms. The zero-order valence-electron chi connectivity index (χ0n) is 10.8. The summed E-state index contributed by atoms with van der Waals surface area (Å²) in [6, 6.07) is 3.24. The van der Waals surface area contributed by atoms with Gasteiger partial charge in [-0.05, 0) is 44.0 Å². The number of fused-ring (bicyclic) bond motifs is 1. The molecule has 0 spiro atoms. The van der Waals surface area contributed by atoms with Crippen LogP contribution in [0.1, 0.15) is 36.7 Å². The van der Waals surface area contributed by atoms with Crippen LogP contribution in [0.3, 0.4) is 0 Å². The molecular formula is C15H11Cl2NO. The number of hydrogen-bond donors (Lipinski definition) is 0. The molecule has 0 N–H and O–H groups in total. The average molecular weight is 292 g/mol. The molecule has 0 amide bonds. The number of carbonyl (C=O) groups excluding carboxylic acids is 1. The van der Waals surface area contributed by atoms with Crippen LogP contribution < -0.4 is 0 Å². The van der Waals surface area contributed by atoms with E-state index in [1.165, 1.54) is 0 Å². The van der Waals surface area contributed by atoms with Gasteiger partial charge in [0.05, 0.1) is 16.6 Å². The second-order valence-corrected chi connectivity index (χ2v) is 5.40. The molecule has 1 aromatic rings. The van der Waals surface area contributed by atoms with E-state index in [-0.39, 0.29) is 5.78 Å². The predicted molar refractivity (Wildman–Crippen MR) is 78.4 cm³/mol. The van der Waals surface area contributed by atoms with Crippen LogP contribution >= 0.6 is 23.2 Å². The molecule has 2 rings (SSSR count). The third kappa shape index (κ3) is 2.10. The van der Waals surface area contributed by atoms with E-state index in [0.29, 0.717) is 38.0 Å². The van der Waals surface area contributed by atoms with Crippen molar-refractivity contribution in [3.63, 3.8) is 0 Å². The van der Waals surface area contributed by atoms with E-state index in [0.717, 1.165) is 5.57 Å².